The van der Waals surface area contributed by atoms with Crippen LogP contribution in [-0.4, -0.2) is 10.9 Å². The molecule has 27 heavy (non-hydrogen) atoms. The number of furan rings is 1. The van der Waals surface area contributed by atoms with Gasteiger partial charge in [-0.1, -0.05) is 23.7 Å². The summed E-state index contributed by atoms with van der Waals surface area (Å²) in [6, 6.07) is 11.6. The molecule has 0 spiro atoms. The molecule has 0 aliphatic rings. The number of aryl methyl sites for hydroxylation is 1. The summed E-state index contributed by atoms with van der Waals surface area (Å²) >= 11 is 7.36. The van der Waals surface area contributed by atoms with Gasteiger partial charge in [-0.25, -0.2) is 9.37 Å². The van der Waals surface area contributed by atoms with Gasteiger partial charge < -0.3 is 9.73 Å². The number of hydrogen-bond donors (Lipinski definition) is 1. The predicted molar refractivity (Wildman–Crippen MR) is 105 cm³/mol. The highest BCUT2D eigenvalue weighted by atomic mass is 35.5. The standard InChI is InChI=1S/C20H14ClFN2O2S/c1-11-15-8-14(22)6-7-17(15)26-19(11)20(25)23-9-18-24-16(10-27-18)12-2-4-13(21)5-3-12/h2-8,10H,9H2,1H3,(H,23,25). The van der Waals surface area contributed by atoms with Gasteiger partial charge in [-0.2, -0.15) is 0 Å². The summed E-state index contributed by atoms with van der Waals surface area (Å²) in [4.78, 5) is 17.0. The Bertz CT molecular complexity index is 1130. The zero-order chi connectivity index (χ0) is 19.0. The van der Waals surface area contributed by atoms with Gasteiger partial charge in [0.25, 0.3) is 5.91 Å². The van der Waals surface area contributed by atoms with Crippen LogP contribution in [0.3, 0.4) is 0 Å². The molecule has 0 aliphatic carbocycles. The molecule has 0 atom stereocenters. The van der Waals surface area contributed by atoms with Crippen molar-refractivity contribution < 1.29 is 13.6 Å². The maximum atomic E-state index is 13.4. The first-order valence-corrected chi connectivity index (χ1v) is 9.44. The van der Waals surface area contributed by atoms with E-state index in [1.807, 2.05) is 29.6 Å². The minimum atomic E-state index is -0.365. The van der Waals surface area contributed by atoms with E-state index in [1.165, 1.54) is 29.5 Å². The van der Waals surface area contributed by atoms with E-state index in [2.05, 4.69) is 10.3 Å². The smallest absolute Gasteiger partial charge is 0.287 e. The molecule has 1 amide bonds. The zero-order valence-corrected chi connectivity index (χ0v) is 15.8. The van der Waals surface area contributed by atoms with E-state index in [0.717, 1.165) is 16.3 Å². The third-order valence-electron chi connectivity index (χ3n) is 4.20. The normalized spacial score (nSPS) is 11.1. The molecule has 0 radical (unpaired) electrons. The number of carbonyl (C=O) groups is 1. The van der Waals surface area contributed by atoms with Crippen LogP contribution in [0.2, 0.25) is 5.02 Å². The minimum Gasteiger partial charge on any atom is -0.451 e. The summed E-state index contributed by atoms with van der Waals surface area (Å²) in [5, 5.41) is 6.77. The van der Waals surface area contributed by atoms with E-state index in [0.29, 0.717) is 21.6 Å². The predicted octanol–water partition coefficient (Wildman–Crippen LogP) is 5.59. The number of aromatic nitrogens is 1. The molecular formula is C20H14ClFN2O2S. The van der Waals surface area contributed by atoms with Crippen molar-refractivity contribution in [3.8, 4) is 11.3 Å². The van der Waals surface area contributed by atoms with Crippen LogP contribution in [0.5, 0.6) is 0 Å². The van der Waals surface area contributed by atoms with E-state index in [4.69, 9.17) is 16.0 Å². The number of benzene rings is 2. The number of amides is 1. The van der Waals surface area contributed by atoms with Crippen molar-refractivity contribution >= 4 is 39.8 Å². The topological polar surface area (TPSA) is 55.1 Å². The average molecular weight is 401 g/mol. The van der Waals surface area contributed by atoms with Gasteiger partial charge in [0, 0.05) is 26.9 Å². The molecule has 2 heterocycles. The summed E-state index contributed by atoms with van der Waals surface area (Å²) in [7, 11) is 0. The SMILES string of the molecule is Cc1c(C(=O)NCc2nc(-c3ccc(Cl)cc3)cs2)oc2ccc(F)cc12. The Morgan fingerprint density at radius 2 is 2.04 bits per heavy atom. The molecular weight excluding hydrogens is 387 g/mol. The van der Waals surface area contributed by atoms with Gasteiger partial charge in [-0.05, 0) is 37.3 Å². The van der Waals surface area contributed by atoms with Crippen LogP contribution < -0.4 is 5.32 Å². The Hall–Kier alpha value is -2.70. The van der Waals surface area contributed by atoms with Crippen molar-refractivity contribution in [1.82, 2.24) is 10.3 Å². The van der Waals surface area contributed by atoms with Crippen molar-refractivity contribution in [2.75, 3.05) is 0 Å². The second-order valence-electron chi connectivity index (χ2n) is 6.01. The molecule has 4 nitrogen and oxygen atoms in total. The monoisotopic (exact) mass is 400 g/mol. The van der Waals surface area contributed by atoms with Gasteiger partial charge in [0.05, 0.1) is 12.2 Å². The van der Waals surface area contributed by atoms with Gasteiger partial charge in [0.2, 0.25) is 0 Å². The first kappa shape index (κ1) is 17.7. The minimum absolute atomic E-state index is 0.185. The molecule has 136 valence electrons. The van der Waals surface area contributed by atoms with E-state index in [1.54, 1.807) is 6.92 Å². The van der Waals surface area contributed by atoms with Crippen LogP contribution in [0.15, 0.2) is 52.3 Å². The molecule has 4 rings (SSSR count). The molecule has 0 aliphatic heterocycles. The molecule has 4 aromatic rings. The van der Waals surface area contributed by atoms with Crippen molar-refractivity contribution in [3.05, 3.63) is 75.0 Å². The fourth-order valence-corrected chi connectivity index (χ4v) is 3.66. The number of halogens is 2. The first-order valence-electron chi connectivity index (χ1n) is 8.18. The summed E-state index contributed by atoms with van der Waals surface area (Å²) in [6.45, 7) is 2.02. The number of fused-ring (bicyclic) bond motifs is 1. The second-order valence-corrected chi connectivity index (χ2v) is 7.39. The second kappa shape index (κ2) is 7.13. The van der Waals surface area contributed by atoms with Gasteiger partial charge in [-0.15, -0.1) is 11.3 Å². The van der Waals surface area contributed by atoms with Crippen LogP contribution >= 0.6 is 22.9 Å². The van der Waals surface area contributed by atoms with Crippen LogP contribution in [0.1, 0.15) is 21.1 Å². The molecule has 0 fully saturated rings. The molecule has 2 aromatic carbocycles. The van der Waals surface area contributed by atoms with Gasteiger partial charge in [0.1, 0.15) is 16.4 Å². The average Bonchev–Trinajstić information content (AvgIpc) is 3.26. The quantitative estimate of drug-likeness (QED) is 0.486. The number of carbonyl (C=O) groups excluding carboxylic acids is 1. The zero-order valence-electron chi connectivity index (χ0n) is 14.3. The fraction of sp³-hybridized carbons (Fsp3) is 0.100. The third kappa shape index (κ3) is 3.59. The molecule has 1 N–H and O–H groups in total. The molecule has 0 unspecified atom stereocenters. The summed E-state index contributed by atoms with van der Waals surface area (Å²) < 4.78 is 19.0. The van der Waals surface area contributed by atoms with Crippen molar-refractivity contribution in [2.24, 2.45) is 0 Å². The Balaban J connectivity index is 1.48. The van der Waals surface area contributed by atoms with Crippen LogP contribution in [0, 0.1) is 12.7 Å². The molecule has 0 bridgehead atoms. The molecule has 0 saturated carbocycles. The van der Waals surface area contributed by atoms with Crippen molar-refractivity contribution in [2.45, 2.75) is 13.5 Å². The molecule has 7 heteroatoms. The van der Waals surface area contributed by atoms with Gasteiger partial charge in [-0.3, -0.25) is 4.79 Å². The van der Waals surface area contributed by atoms with E-state index < -0.39 is 0 Å². The lowest BCUT2D eigenvalue weighted by atomic mass is 10.1. The van der Waals surface area contributed by atoms with Crippen LogP contribution in [-0.2, 0) is 6.54 Å². The van der Waals surface area contributed by atoms with Crippen molar-refractivity contribution in [3.63, 3.8) is 0 Å². The summed E-state index contributed by atoms with van der Waals surface area (Å²) in [6.07, 6.45) is 0. The lowest BCUT2D eigenvalue weighted by molar-refractivity contribution is 0.0924. The van der Waals surface area contributed by atoms with Gasteiger partial charge >= 0.3 is 0 Å². The first-order chi connectivity index (χ1) is 13.0. The number of nitrogens with one attached hydrogen (secondary N) is 1. The maximum Gasteiger partial charge on any atom is 0.287 e. The Morgan fingerprint density at radius 3 is 2.81 bits per heavy atom. The Morgan fingerprint density at radius 1 is 1.26 bits per heavy atom. The largest absolute Gasteiger partial charge is 0.451 e. The maximum absolute atomic E-state index is 13.4. The van der Waals surface area contributed by atoms with Crippen LogP contribution in [0.25, 0.3) is 22.2 Å². The van der Waals surface area contributed by atoms with Gasteiger partial charge in [0.15, 0.2) is 5.76 Å². The summed E-state index contributed by atoms with van der Waals surface area (Å²) in [5.41, 5.74) is 2.89. The summed E-state index contributed by atoms with van der Waals surface area (Å²) in [5.74, 6) is -0.534. The molecule has 2 aromatic heterocycles. The van der Waals surface area contributed by atoms with E-state index >= 15 is 0 Å². The number of thiazole rings is 1. The number of hydrogen-bond acceptors (Lipinski definition) is 4. The number of rotatable bonds is 4. The highest BCUT2D eigenvalue weighted by Crippen LogP contribution is 2.26. The van der Waals surface area contributed by atoms with E-state index in [-0.39, 0.29) is 24.0 Å². The third-order valence-corrected chi connectivity index (χ3v) is 5.30. The Kier molecular flexibility index (Phi) is 4.68. The fourth-order valence-electron chi connectivity index (χ4n) is 2.79. The number of nitrogens with zero attached hydrogens (tertiary/aromatic N) is 1. The van der Waals surface area contributed by atoms with Crippen LogP contribution in [0.4, 0.5) is 4.39 Å². The lowest BCUT2D eigenvalue weighted by Crippen LogP contribution is -2.22. The highest BCUT2D eigenvalue weighted by molar-refractivity contribution is 7.09. The molecule has 0 saturated heterocycles. The van der Waals surface area contributed by atoms with E-state index in [9.17, 15) is 9.18 Å². The highest BCUT2D eigenvalue weighted by Gasteiger charge is 2.18. The van der Waals surface area contributed by atoms with Crippen molar-refractivity contribution in [1.29, 1.82) is 0 Å². The Labute approximate surface area is 163 Å². The lowest BCUT2D eigenvalue weighted by Gasteiger charge is -2.01.